The molecule has 1 amide bonds. The first kappa shape index (κ1) is 16.1. The summed E-state index contributed by atoms with van der Waals surface area (Å²) in [6.07, 6.45) is 6.02. The fourth-order valence-corrected chi connectivity index (χ4v) is 3.87. The first-order chi connectivity index (χ1) is 12.1. The first-order valence-corrected chi connectivity index (χ1v) is 9.15. The number of carbonyl (C=O) groups is 1. The van der Waals surface area contributed by atoms with Gasteiger partial charge in [-0.25, -0.2) is 0 Å². The molecule has 6 heteroatoms. The Kier molecular flexibility index (Phi) is 4.19. The molecule has 1 aliphatic heterocycles. The summed E-state index contributed by atoms with van der Waals surface area (Å²) >= 11 is 0. The molecule has 1 N–H and O–H groups in total. The molecule has 2 aromatic rings. The van der Waals surface area contributed by atoms with Crippen LogP contribution in [0.25, 0.3) is 0 Å². The highest BCUT2D eigenvalue weighted by Gasteiger charge is 2.30. The largest absolute Gasteiger partial charge is 0.366 e. The predicted molar refractivity (Wildman–Crippen MR) is 96.8 cm³/mol. The molecule has 0 bridgehead atoms. The molecule has 0 radical (unpaired) electrons. The lowest BCUT2D eigenvalue weighted by Crippen LogP contribution is -2.42. The maximum atomic E-state index is 13.0. The van der Waals surface area contributed by atoms with Gasteiger partial charge in [0, 0.05) is 42.8 Å². The topological polar surface area (TPSA) is 63.1 Å². The minimum absolute atomic E-state index is 0.179. The molecule has 2 fully saturated rings. The fraction of sp³-hybridized carbons (Fsp3) is 0.526. The van der Waals surface area contributed by atoms with Crippen molar-refractivity contribution in [2.24, 2.45) is 0 Å². The van der Waals surface area contributed by atoms with Crippen molar-refractivity contribution < 1.29 is 4.79 Å². The standard InChI is InChI=1S/C19H25N5O/c1-13-12-17(14(2)24(13)16-5-6-16)19(25)23-10-7-15(8-11-23)21-18-4-3-9-20-22-18/h3-4,9,12,15-16H,5-8,10-11H2,1-2H3,(H,21,22). The van der Waals surface area contributed by atoms with Crippen molar-refractivity contribution in [3.63, 3.8) is 0 Å². The van der Waals surface area contributed by atoms with Crippen molar-refractivity contribution in [3.8, 4) is 0 Å². The van der Waals surface area contributed by atoms with E-state index in [9.17, 15) is 4.79 Å². The minimum atomic E-state index is 0.179. The summed E-state index contributed by atoms with van der Waals surface area (Å²) in [6, 6.07) is 6.84. The molecule has 25 heavy (non-hydrogen) atoms. The third-order valence-corrected chi connectivity index (χ3v) is 5.33. The van der Waals surface area contributed by atoms with Crippen LogP contribution in [0.2, 0.25) is 0 Å². The summed E-state index contributed by atoms with van der Waals surface area (Å²) in [7, 11) is 0. The number of hydrogen-bond acceptors (Lipinski definition) is 4. The van der Waals surface area contributed by atoms with Crippen molar-refractivity contribution >= 4 is 11.7 Å². The second kappa shape index (κ2) is 6.50. The van der Waals surface area contributed by atoms with E-state index in [4.69, 9.17) is 0 Å². The smallest absolute Gasteiger partial charge is 0.255 e. The molecule has 3 heterocycles. The van der Waals surface area contributed by atoms with Crippen molar-refractivity contribution in [3.05, 3.63) is 41.3 Å². The molecule has 1 saturated heterocycles. The van der Waals surface area contributed by atoms with Gasteiger partial charge in [0.2, 0.25) is 0 Å². The number of aromatic nitrogens is 3. The quantitative estimate of drug-likeness (QED) is 0.930. The van der Waals surface area contributed by atoms with Gasteiger partial charge in [-0.05, 0) is 57.7 Å². The van der Waals surface area contributed by atoms with E-state index in [1.165, 1.54) is 18.5 Å². The number of nitrogens with one attached hydrogen (secondary N) is 1. The van der Waals surface area contributed by atoms with Gasteiger partial charge in [0.05, 0.1) is 5.56 Å². The van der Waals surface area contributed by atoms with E-state index < -0.39 is 0 Å². The highest BCUT2D eigenvalue weighted by atomic mass is 16.2. The number of amides is 1. The van der Waals surface area contributed by atoms with Crippen molar-refractivity contribution in [1.29, 1.82) is 0 Å². The van der Waals surface area contributed by atoms with Gasteiger partial charge in [-0.3, -0.25) is 4.79 Å². The Balaban J connectivity index is 1.39. The maximum absolute atomic E-state index is 13.0. The lowest BCUT2D eigenvalue weighted by Gasteiger charge is -2.32. The molecule has 0 spiro atoms. The predicted octanol–water partition coefficient (Wildman–Crippen LogP) is 2.95. The number of anilines is 1. The Morgan fingerprint density at radius 3 is 2.60 bits per heavy atom. The van der Waals surface area contributed by atoms with E-state index in [2.05, 4.69) is 40.0 Å². The monoisotopic (exact) mass is 339 g/mol. The van der Waals surface area contributed by atoms with Crippen molar-refractivity contribution in [1.82, 2.24) is 19.7 Å². The third-order valence-electron chi connectivity index (χ3n) is 5.33. The second-order valence-corrected chi connectivity index (χ2v) is 7.21. The van der Waals surface area contributed by atoms with Crippen molar-refractivity contribution in [2.75, 3.05) is 18.4 Å². The summed E-state index contributed by atoms with van der Waals surface area (Å²) in [6.45, 7) is 5.76. The van der Waals surface area contributed by atoms with Gasteiger partial charge in [0.25, 0.3) is 5.91 Å². The number of rotatable bonds is 4. The van der Waals surface area contributed by atoms with Crippen molar-refractivity contribution in [2.45, 2.75) is 51.6 Å². The van der Waals surface area contributed by atoms with Crippen LogP contribution in [-0.4, -0.2) is 44.7 Å². The van der Waals surface area contributed by atoms with E-state index in [-0.39, 0.29) is 5.91 Å². The van der Waals surface area contributed by atoms with Gasteiger partial charge in [-0.15, -0.1) is 5.10 Å². The molecule has 0 unspecified atom stereocenters. The average Bonchev–Trinajstić information content (AvgIpc) is 3.41. The summed E-state index contributed by atoms with van der Waals surface area (Å²) in [5, 5.41) is 11.4. The Morgan fingerprint density at radius 1 is 1.20 bits per heavy atom. The zero-order chi connectivity index (χ0) is 17.4. The molecule has 1 aliphatic carbocycles. The fourth-order valence-electron chi connectivity index (χ4n) is 3.87. The zero-order valence-corrected chi connectivity index (χ0v) is 14.9. The molecule has 0 atom stereocenters. The molecule has 2 aliphatic rings. The lowest BCUT2D eigenvalue weighted by molar-refractivity contribution is 0.0717. The Labute approximate surface area is 148 Å². The van der Waals surface area contributed by atoms with Crippen LogP contribution >= 0.6 is 0 Å². The first-order valence-electron chi connectivity index (χ1n) is 9.15. The summed E-state index contributed by atoms with van der Waals surface area (Å²) in [5.74, 6) is 0.984. The van der Waals surface area contributed by atoms with E-state index in [0.29, 0.717) is 12.1 Å². The van der Waals surface area contributed by atoms with Gasteiger partial charge >= 0.3 is 0 Å². The number of piperidine rings is 1. The third kappa shape index (κ3) is 3.25. The average molecular weight is 339 g/mol. The molecule has 6 nitrogen and oxygen atoms in total. The normalized spacial score (nSPS) is 18.4. The van der Waals surface area contributed by atoms with Crippen LogP contribution in [0.4, 0.5) is 5.82 Å². The van der Waals surface area contributed by atoms with Crippen LogP contribution in [0.3, 0.4) is 0 Å². The van der Waals surface area contributed by atoms with Gasteiger partial charge in [0.1, 0.15) is 5.82 Å². The molecule has 2 aromatic heterocycles. The number of nitrogens with zero attached hydrogens (tertiary/aromatic N) is 4. The second-order valence-electron chi connectivity index (χ2n) is 7.21. The van der Waals surface area contributed by atoms with Crippen LogP contribution in [0.1, 0.15) is 53.5 Å². The highest BCUT2D eigenvalue weighted by Crippen LogP contribution is 2.38. The molecule has 1 saturated carbocycles. The summed E-state index contributed by atoms with van der Waals surface area (Å²) in [5.41, 5.74) is 3.22. The van der Waals surface area contributed by atoms with E-state index in [1.807, 2.05) is 17.0 Å². The van der Waals surface area contributed by atoms with Crippen LogP contribution in [-0.2, 0) is 0 Å². The molecule has 132 valence electrons. The maximum Gasteiger partial charge on any atom is 0.255 e. The summed E-state index contributed by atoms with van der Waals surface area (Å²) < 4.78 is 2.34. The van der Waals surface area contributed by atoms with Crippen LogP contribution < -0.4 is 5.32 Å². The SMILES string of the molecule is Cc1cc(C(=O)N2CCC(Nc3cccnn3)CC2)c(C)n1C1CC1. The van der Waals surface area contributed by atoms with Gasteiger partial charge in [0.15, 0.2) is 0 Å². The summed E-state index contributed by atoms with van der Waals surface area (Å²) in [4.78, 5) is 15.0. The van der Waals surface area contributed by atoms with E-state index in [1.54, 1.807) is 6.20 Å². The number of carbonyl (C=O) groups excluding carboxylic acids is 1. The molecular weight excluding hydrogens is 314 g/mol. The molecule has 4 rings (SSSR count). The minimum Gasteiger partial charge on any atom is -0.366 e. The van der Waals surface area contributed by atoms with Gasteiger partial charge in [-0.1, -0.05) is 0 Å². The number of hydrogen-bond donors (Lipinski definition) is 1. The molecular formula is C19H25N5O. The van der Waals surface area contributed by atoms with E-state index >= 15 is 0 Å². The Morgan fingerprint density at radius 2 is 1.96 bits per heavy atom. The van der Waals surface area contributed by atoms with Crippen LogP contribution in [0.5, 0.6) is 0 Å². The zero-order valence-electron chi connectivity index (χ0n) is 14.9. The van der Waals surface area contributed by atoms with Crippen LogP contribution in [0.15, 0.2) is 24.4 Å². The lowest BCUT2D eigenvalue weighted by atomic mass is 10.0. The van der Waals surface area contributed by atoms with Gasteiger partial charge in [-0.2, -0.15) is 5.10 Å². The highest BCUT2D eigenvalue weighted by molar-refractivity contribution is 5.95. The number of likely N-dealkylation sites (tertiary alicyclic amines) is 1. The number of aryl methyl sites for hydroxylation is 1. The van der Waals surface area contributed by atoms with E-state index in [0.717, 1.165) is 43.0 Å². The van der Waals surface area contributed by atoms with Gasteiger partial charge < -0.3 is 14.8 Å². The molecule has 0 aromatic carbocycles. The van der Waals surface area contributed by atoms with Crippen LogP contribution in [0, 0.1) is 13.8 Å². The Bertz CT molecular complexity index is 758. The Hall–Kier alpha value is -2.37.